The van der Waals surface area contributed by atoms with Crippen molar-refractivity contribution in [2.24, 2.45) is 5.92 Å². The van der Waals surface area contributed by atoms with E-state index in [9.17, 15) is 9.59 Å². The maximum Gasteiger partial charge on any atom is 0.329 e. The number of anilines is 1. The number of pyridine rings is 2. The Labute approximate surface area is 185 Å². The normalized spacial score (nSPS) is 23.2. The Bertz CT molecular complexity index is 1360. The molecule has 0 bridgehead atoms. The molecule has 1 saturated carbocycles. The fourth-order valence-corrected chi connectivity index (χ4v) is 5.37. The first kappa shape index (κ1) is 18.9. The van der Waals surface area contributed by atoms with Gasteiger partial charge in [0.05, 0.1) is 17.8 Å². The number of nitrogens with one attached hydrogen (secondary N) is 1. The van der Waals surface area contributed by atoms with Crippen LogP contribution < -0.4 is 10.2 Å². The summed E-state index contributed by atoms with van der Waals surface area (Å²) in [6, 6.07) is 15.4. The number of fused-ring (bicyclic) bond motifs is 3. The van der Waals surface area contributed by atoms with Crippen LogP contribution >= 0.6 is 0 Å². The molecule has 6 heteroatoms. The van der Waals surface area contributed by atoms with Gasteiger partial charge in [-0.05, 0) is 36.1 Å². The maximum absolute atomic E-state index is 13.5. The van der Waals surface area contributed by atoms with E-state index in [2.05, 4.69) is 27.4 Å². The van der Waals surface area contributed by atoms with E-state index in [1.807, 2.05) is 48.8 Å². The van der Waals surface area contributed by atoms with E-state index in [0.29, 0.717) is 5.69 Å². The summed E-state index contributed by atoms with van der Waals surface area (Å²) in [6.45, 7) is 0. The van der Waals surface area contributed by atoms with Gasteiger partial charge in [-0.2, -0.15) is 0 Å². The lowest BCUT2D eigenvalue weighted by atomic mass is 9.73. The summed E-state index contributed by atoms with van der Waals surface area (Å²) in [4.78, 5) is 36.6. The molecule has 3 heterocycles. The maximum atomic E-state index is 13.5. The molecule has 6 rings (SSSR count). The standard InChI is InChI=1S/C26H22N4O2/c31-25-21-10-9-16(22-14-27-12-17-5-1-3-7-19(17)22)11-23(21)29-26(32)30(25)24-15-28-13-18-6-2-4-8-20(18)24/h1-8,12-16,21,23H,9-11H2,(H,29,32). The molecule has 3 atom stereocenters. The van der Waals surface area contributed by atoms with Crippen molar-refractivity contribution in [3.05, 3.63) is 78.9 Å². The van der Waals surface area contributed by atoms with Gasteiger partial charge in [-0.15, -0.1) is 0 Å². The van der Waals surface area contributed by atoms with Crippen molar-refractivity contribution in [1.29, 1.82) is 0 Å². The van der Waals surface area contributed by atoms with Gasteiger partial charge in [-0.1, -0.05) is 48.5 Å². The first-order chi connectivity index (χ1) is 15.7. The molecule has 6 nitrogen and oxygen atoms in total. The Morgan fingerprint density at radius 1 is 0.812 bits per heavy atom. The summed E-state index contributed by atoms with van der Waals surface area (Å²) < 4.78 is 0. The molecule has 2 fully saturated rings. The molecule has 1 aliphatic carbocycles. The van der Waals surface area contributed by atoms with Gasteiger partial charge in [0.25, 0.3) is 0 Å². The quantitative estimate of drug-likeness (QED) is 0.504. The van der Waals surface area contributed by atoms with Gasteiger partial charge in [-0.25, -0.2) is 9.69 Å². The van der Waals surface area contributed by atoms with E-state index in [4.69, 9.17) is 0 Å². The molecule has 1 N–H and O–H groups in total. The first-order valence-electron chi connectivity index (χ1n) is 11.0. The van der Waals surface area contributed by atoms with Crippen molar-refractivity contribution in [2.45, 2.75) is 31.2 Å². The smallest absolute Gasteiger partial charge is 0.329 e. The molecule has 32 heavy (non-hydrogen) atoms. The minimum atomic E-state index is -0.369. The molecule has 4 aromatic rings. The van der Waals surface area contributed by atoms with E-state index in [1.54, 1.807) is 12.4 Å². The summed E-state index contributed by atoms with van der Waals surface area (Å²) in [5.41, 5.74) is 1.74. The van der Waals surface area contributed by atoms with Crippen LogP contribution in [0.5, 0.6) is 0 Å². The van der Waals surface area contributed by atoms with Crippen LogP contribution in [0.2, 0.25) is 0 Å². The van der Waals surface area contributed by atoms with Gasteiger partial charge in [0.2, 0.25) is 5.91 Å². The first-order valence-corrected chi connectivity index (χ1v) is 11.0. The van der Waals surface area contributed by atoms with Crippen molar-refractivity contribution >= 4 is 39.2 Å². The predicted octanol–water partition coefficient (Wildman–Crippen LogP) is 4.79. The molecular weight excluding hydrogens is 400 g/mol. The predicted molar refractivity (Wildman–Crippen MR) is 123 cm³/mol. The van der Waals surface area contributed by atoms with Gasteiger partial charge in [0, 0.05) is 40.8 Å². The Balaban J connectivity index is 1.31. The molecule has 3 amide bonds. The number of carbonyl (C=O) groups is 2. The van der Waals surface area contributed by atoms with E-state index in [-0.39, 0.29) is 29.8 Å². The van der Waals surface area contributed by atoms with E-state index >= 15 is 0 Å². The third-order valence-electron chi connectivity index (χ3n) is 6.93. The Morgan fingerprint density at radius 2 is 1.50 bits per heavy atom. The summed E-state index contributed by atoms with van der Waals surface area (Å²) in [5.74, 6) is -0.106. The van der Waals surface area contributed by atoms with E-state index < -0.39 is 0 Å². The number of carbonyl (C=O) groups excluding carboxylic acids is 2. The van der Waals surface area contributed by atoms with Crippen molar-refractivity contribution < 1.29 is 9.59 Å². The summed E-state index contributed by atoms with van der Waals surface area (Å²) >= 11 is 0. The Morgan fingerprint density at radius 3 is 2.31 bits per heavy atom. The van der Waals surface area contributed by atoms with Gasteiger partial charge in [0.15, 0.2) is 0 Å². The zero-order valence-corrected chi connectivity index (χ0v) is 17.4. The lowest BCUT2D eigenvalue weighted by Gasteiger charge is -2.42. The SMILES string of the molecule is O=C1NC2CC(c3cncc4ccccc34)CCC2C(=O)N1c1cncc2ccccc12. The number of hydrogen-bond acceptors (Lipinski definition) is 4. The molecule has 2 aromatic heterocycles. The largest absolute Gasteiger partial charge is 0.334 e. The number of imide groups is 1. The van der Waals surface area contributed by atoms with Gasteiger partial charge >= 0.3 is 6.03 Å². The zero-order valence-electron chi connectivity index (χ0n) is 17.4. The van der Waals surface area contributed by atoms with E-state index in [1.165, 1.54) is 15.8 Å². The fraction of sp³-hybridized carbons (Fsp3) is 0.231. The van der Waals surface area contributed by atoms with Crippen LogP contribution in [0, 0.1) is 5.92 Å². The molecule has 2 aliphatic rings. The number of nitrogens with zero attached hydrogens (tertiary/aromatic N) is 3. The van der Waals surface area contributed by atoms with Crippen LogP contribution in [0.25, 0.3) is 21.5 Å². The highest BCUT2D eigenvalue weighted by molar-refractivity contribution is 6.20. The fourth-order valence-electron chi connectivity index (χ4n) is 5.37. The van der Waals surface area contributed by atoms with Crippen LogP contribution in [0.15, 0.2) is 73.3 Å². The van der Waals surface area contributed by atoms with Crippen molar-refractivity contribution in [2.75, 3.05) is 4.90 Å². The Kier molecular flexibility index (Phi) is 4.38. The van der Waals surface area contributed by atoms with Crippen molar-refractivity contribution in [3.8, 4) is 0 Å². The van der Waals surface area contributed by atoms with Gasteiger partial charge < -0.3 is 5.32 Å². The molecule has 158 valence electrons. The number of aromatic nitrogens is 2. The van der Waals surface area contributed by atoms with Crippen LogP contribution in [-0.4, -0.2) is 27.9 Å². The molecular formula is C26H22N4O2. The number of rotatable bonds is 2. The summed E-state index contributed by atoms with van der Waals surface area (Å²) in [7, 11) is 0. The second-order valence-corrected chi connectivity index (χ2v) is 8.68. The summed E-state index contributed by atoms with van der Waals surface area (Å²) in [5, 5.41) is 7.19. The zero-order chi connectivity index (χ0) is 21.7. The Hall–Kier alpha value is -3.80. The summed E-state index contributed by atoms with van der Waals surface area (Å²) in [6.07, 6.45) is 9.52. The molecule has 1 aliphatic heterocycles. The minimum Gasteiger partial charge on any atom is -0.334 e. The lowest BCUT2D eigenvalue weighted by Crippen LogP contribution is -2.61. The van der Waals surface area contributed by atoms with Gasteiger partial charge in [0.1, 0.15) is 0 Å². The number of benzene rings is 2. The topological polar surface area (TPSA) is 75.2 Å². The molecule has 0 radical (unpaired) electrons. The highest BCUT2D eigenvalue weighted by atomic mass is 16.2. The molecule has 1 saturated heterocycles. The van der Waals surface area contributed by atoms with Gasteiger partial charge in [-0.3, -0.25) is 14.8 Å². The van der Waals surface area contributed by atoms with Crippen molar-refractivity contribution in [1.82, 2.24) is 15.3 Å². The van der Waals surface area contributed by atoms with Crippen LogP contribution in [0.4, 0.5) is 10.5 Å². The number of urea groups is 1. The number of amides is 3. The molecule has 2 aromatic carbocycles. The highest BCUT2D eigenvalue weighted by Gasteiger charge is 2.45. The van der Waals surface area contributed by atoms with Crippen molar-refractivity contribution in [3.63, 3.8) is 0 Å². The average Bonchev–Trinajstić information content (AvgIpc) is 2.83. The third kappa shape index (κ3) is 2.94. The number of hydrogen-bond donors (Lipinski definition) is 1. The monoisotopic (exact) mass is 422 g/mol. The average molecular weight is 422 g/mol. The second-order valence-electron chi connectivity index (χ2n) is 8.68. The second kappa shape index (κ2) is 7.41. The third-order valence-corrected chi connectivity index (χ3v) is 6.93. The van der Waals surface area contributed by atoms with E-state index in [0.717, 1.165) is 35.4 Å². The molecule has 0 spiro atoms. The molecule has 3 unspecified atom stereocenters. The van der Waals surface area contributed by atoms with Crippen LogP contribution in [0.1, 0.15) is 30.7 Å². The van der Waals surface area contributed by atoms with Crippen LogP contribution in [0.3, 0.4) is 0 Å². The minimum absolute atomic E-state index is 0.133. The highest BCUT2D eigenvalue weighted by Crippen LogP contribution is 2.41. The van der Waals surface area contributed by atoms with Crippen LogP contribution in [-0.2, 0) is 4.79 Å². The lowest BCUT2D eigenvalue weighted by molar-refractivity contribution is -0.124.